The summed E-state index contributed by atoms with van der Waals surface area (Å²) >= 11 is 3.94. The lowest BCUT2D eigenvalue weighted by Crippen LogP contribution is -2.46. The van der Waals surface area contributed by atoms with Gasteiger partial charge in [0.15, 0.2) is 0 Å². The Kier molecular flexibility index (Phi) is 2.77. The molecule has 7 heteroatoms. The number of carboxylic acids is 1. The van der Waals surface area contributed by atoms with Crippen molar-refractivity contribution in [1.29, 1.82) is 0 Å². The first-order chi connectivity index (χ1) is 5.66. The molecule has 1 aliphatic rings. The van der Waals surface area contributed by atoms with Gasteiger partial charge in [0.25, 0.3) is 0 Å². The lowest BCUT2D eigenvalue weighted by Gasteiger charge is -2.26. The van der Waals surface area contributed by atoms with Crippen molar-refractivity contribution in [3.8, 4) is 0 Å². The average Bonchev–Trinajstić information content (AvgIpc) is 2.38. The van der Waals surface area contributed by atoms with Crippen molar-refractivity contribution in [2.75, 3.05) is 0 Å². The van der Waals surface area contributed by atoms with Crippen molar-refractivity contribution in [2.24, 2.45) is 5.10 Å². The summed E-state index contributed by atoms with van der Waals surface area (Å²) in [6.07, 6.45) is 1.87. The van der Waals surface area contributed by atoms with Crippen LogP contribution in [0.4, 0.5) is 0 Å². The van der Waals surface area contributed by atoms with Gasteiger partial charge in [0.1, 0.15) is 12.4 Å². The fourth-order valence-electron chi connectivity index (χ4n) is 0.924. The van der Waals surface area contributed by atoms with Crippen molar-refractivity contribution in [3.63, 3.8) is 0 Å². The highest BCUT2D eigenvalue weighted by atomic mass is 32.1. The van der Waals surface area contributed by atoms with Gasteiger partial charge in [-0.15, -0.1) is 0 Å². The predicted octanol–water partition coefficient (Wildman–Crippen LogP) is -0.325. The molecule has 0 saturated carbocycles. The first kappa shape index (κ1) is 9.14. The number of thiol groups is 1. The van der Waals surface area contributed by atoms with Crippen LogP contribution in [0, 0.1) is 0 Å². The third kappa shape index (κ3) is 1.62. The lowest BCUT2D eigenvalue weighted by atomic mass is 10.2. The fourth-order valence-corrected chi connectivity index (χ4v) is 1.15. The number of rotatable bonds is 3. The Morgan fingerprint density at radius 3 is 2.92 bits per heavy atom. The van der Waals surface area contributed by atoms with Crippen LogP contribution in [0.2, 0.25) is 0 Å². The van der Waals surface area contributed by atoms with Crippen molar-refractivity contribution in [1.82, 2.24) is 15.1 Å². The summed E-state index contributed by atoms with van der Waals surface area (Å²) in [5.41, 5.74) is 2.47. The molecule has 1 rings (SSSR count). The van der Waals surface area contributed by atoms with E-state index in [4.69, 9.17) is 5.11 Å². The topological polar surface area (TPSA) is 68.2 Å². The molecule has 1 unspecified atom stereocenters. The first-order valence-electron chi connectivity index (χ1n) is 3.45. The first-order valence-corrected chi connectivity index (χ1v) is 3.85. The van der Waals surface area contributed by atoms with E-state index < -0.39 is 12.0 Å². The highest BCUT2D eigenvalue weighted by molar-refractivity contribution is 7.77. The molecular formula is C5H10N4O2S. The van der Waals surface area contributed by atoms with Gasteiger partial charge in [-0.1, -0.05) is 11.4 Å². The lowest BCUT2D eigenvalue weighted by molar-refractivity contribution is -0.144. The van der Waals surface area contributed by atoms with Crippen LogP contribution in [0.25, 0.3) is 0 Å². The van der Waals surface area contributed by atoms with E-state index in [2.05, 4.69) is 23.5 Å². The van der Waals surface area contributed by atoms with Crippen LogP contribution in [0.1, 0.15) is 13.3 Å². The molecule has 0 aromatic rings. The number of hydrogen-bond donors (Lipinski definition) is 3. The Hall–Kier alpha value is -0.950. The van der Waals surface area contributed by atoms with Crippen molar-refractivity contribution in [3.05, 3.63) is 0 Å². The zero-order chi connectivity index (χ0) is 9.14. The third-order valence-electron chi connectivity index (χ3n) is 1.53. The van der Waals surface area contributed by atoms with Crippen LogP contribution in [0.3, 0.4) is 0 Å². The maximum atomic E-state index is 10.7. The number of hydrogen-bond acceptors (Lipinski definition) is 6. The molecular weight excluding hydrogens is 180 g/mol. The molecule has 12 heavy (non-hydrogen) atoms. The van der Waals surface area contributed by atoms with Crippen LogP contribution in [0.15, 0.2) is 5.10 Å². The number of hydrazone groups is 1. The maximum Gasteiger partial charge on any atom is 0.328 e. The zero-order valence-electron chi connectivity index (χ0n) is 6.51. The number of carbonyl (C=O) groups is 1. The number of nitrogens with one attached hydrogen (secondary N) is 1. The Morgan fingerprint density at radius 1 is 1.92 bits per heavy atom. The van der Waals surface area contributed by atoms with Crippen molar-refractivity contribution >= 4 is 25.1 Å². The van der Waals surface area contributed by atoms with Gasteiger partial charge in [0, 0.05) is 0 Å². The molecule has 1 atom stereocenters. The van der Waals surface area contributed by atoms with Gasteiger partial charge in [-0.3, -0.25) is 5.01 Å². The molecule has 6 nitrogen and oxygen atoms in total. The summed E-state index contributed by atoms with van der Waals surface area (Å²) < 4.78 is 1.22. The van der Waals surface area contributed by atoms with E-state index >= 15 is 0 Å². The molecule has 0 amide bonds. The molecule has 0 bridgehead atoms. The molecule has 0 radical (unpaired) electrons. The Labute approximate surface area is 75.3 Å². The van der Waals surface area contributed by atoms with Crippen LogP contribution >= 0.6 is 12.8 Å². The second kappa shape index (κ2) is 3.63. The number of aliphatic carboxylic acids is 1. The van der Waals surface area contributed by atoms with Crippen LogP contribution in [0.5, 0.6) is 0 Å². The molecule has 0 fully saturated rings. The van der Waals surface area contributed by atoms with Crippen LogP contribution < -0.4 is 5.53 Å². The van der Waals surface area contributed by atoms with Gasteiger partial charge in [-0.05, 0) is 19.2 Å². The molecule has 0 saturated heterocycles. The van der Waals surface area contributed by atoms with Crippen molar-refractivity contribution < 1.29 is 9.90 Å². The molecule has 0 aliphatic carbocycles. The van der Waals surface area contributed by atoms with E-state index in [1.54, 1.807) is 6.92 Å². The normalized spacial score (nSPS) is 19.3. The standard InChI is InChI=1S/C5H10N4O2S/c1-2-4(5(10)11)8-3-6-7-9(8)12/h3-4,7,12H,2H2,1H3,(H,10,11). The van der Waals surface area contributed by atoms with E-state index in [-0.39, 0.29) is 0 Å². The quantitative estimate of drug-likeness (QED) is 0.532. The van der Waals surface area contributed by atoms with E-state index in [9.17, 15) is 4.79 Å². The van der Waals surface area contributed by atoms with E-state index in [0.717, 1.165) is 0 Å². The fraction of sp³-hybridized carbons (Fsp3) is 0.600. The summed E-state index contributed by atoms with van der Waals surface area (Å²) in [6, 6.07) is -0.624. The Balaban J connectivity index is 2.65. The zero-order valence-corrected chi connectivity index (χ0v) is 7.40. The average molecular weight is 190 g/mol. The highest BCUT2D eigenvalue weighted by Crippen LogP contribution is 2.09. The van der Waals surface area contributed by atoms with Crippen LogP contribution in [-0.4, -0.2) is 33.0 Å². The van der Waals surface area contributed by atoms with Gasteiger partial charge in [-0.2, -0.15) is 5.10 Å². The van der Waals surface area contributed by atoms with E-state index in [0.29, 0.717) is 6.42 Å². The Bertz CT molecular complexity index is 210. The largest absolute Gasteiger partial charge is 0.480 e. The van der Waals surface area contributed by atoms with E-state index in [1.165, 1.54) is 15.9 Å². The summed E-state index contributed by atoms with van der Waals surface area (Å²) in [4.78, 5) is 10.7. The summed E-state index contributed by atoms with van der Waals surface area (Å²) in [5, 5.41) is 13.8. The molecule has 2 N–H and O–H groups in total. The number of nitrogens with zero attached hydrogens (tertiary/aromatic N) is 3. The van der Waals surface area contributed by atoms with Gasteiger partial charge >= 0.3 is 5.97 Å². The number of hydrazine groups is 2. The molecule has 1 heterocycles. The Morgan fingerprint density at radius 2 is 2.58 bits per heavy atom. The minimum Gasteiger partial charge on any atom is -0.480 e. The minimum absolute atomic E-state index is 0.486. The van der Waals surface area contributed by atoms with Gasteiger partial charge in [-0.25, -0.2) is 10.3 Å². The molecule has 0 spiro atoms. The predicted molar refractivity (Wildman–Crippen MR) is 46.0 cm³/mol. The minimum atomic E-state index is -0.897. The maximum absolute atomic E-state index is 10.7. The summed E-state index contributed by atoms with van der Waals surface area (Å²) in [5.74, 6) is -0.897. The molecule has 0 aromatic heterocycles. The second-order valence-electron chi connectivity index (χ2n) is 2.28. The number of carboxylic acid groups (broad SMARTS) is 1. The summed E-state index contributed by atoms with van der Waals surface area (Å²) in [7, 11) is 0. The molecule has 0 aromatic carbocycles. The van der Waals surface area contributed by atoms with E-state index in [1.807, 2.05) is 0 Å². The van der Waals surface area contributed by atoms with Crippen molar-refractivity contribution in [2.45, 2.75) is 19.4 Å². The van der Waals surface area contributed by atoms with Gasteiger partial charge in [0.05, 0.1) is 0 Å². The smallest absolute Gasteiger partial charge is 0.328 e. The monoisotopic (exact) mass is 190 g/mol. The molecule has 68 valence electrons. The highest BCUT2D eigenvalue weighted by Gasteiger charge is 2.27. The van der Waals surface area contributed by atoms with Crippen LogP contribution in [-0.2, 0) is 4.79 Å². The van der Waals surface area contributed by atoms with Gasteiger partial charge < -0.3 is 5.11 Å². The second-order valence-corrected chi connectivity index (χ2v) is 2.66. The molecule has 1 aliphatic heterocycles. The summed E-state index contributed by atoms with van der Waals surface area (Å²) in [6.45, 7) is 1.78. The van der Waals surface area contributed by atoms with Gasteiger partial charge in [0.2, 0.25) is 0 Å². The third-order valence-corrected chi connectivity index (χ3v) is 1.83. The SMILES string of the molecule is CCC(C(=O)O)N1C=NNN1S.